The van der Waals surface area contributed by atoms with Crippen molar-refractivity contribution in [1.82, 2.24) is 5.32 Å². The van der Waals surface area contributed by atoms with Crippen LogP contribution < -0.4 is 14.8 Å². The van der Waals surface area contributed by atoms with E-state index >= 15 is 0 Å². The van der Waals surface area contributed by atoms with Gasteiger partial charge in [-0.1, -0.05) is 60.7 Å². The number of rotatable bonds is 7. The molecule has 0 saturated heterocycles. The van der Waals surface area contributed by atoms with Gasteiger partial charge in [0.2, 0.25) is 0 Å². The van der Waals surface area contributed by atoms with E-state index in [4.69, 9.17) is 9.47 Å². The van der Waals surface area contributed by atoms with Crippen LogP contribution in [0.4, 0.5) is 0 Å². The molecule has 0 aliphatic heterocycles. The number of ether oxygens (including phenoxy) is 2. The Morgan fingerprint density at radius 3 is 2.29 bits per heavy atom. The van der Waals surface area contributed by atoms with E-state index in [0.717, 1.165) is 16.7 Å². The zero-order valence-electron chi connectivity index (χ0n) is 16.4. The van der Waals surface area contributed by atoms with E-state index in [9.17, 15) is 4.79 Å². The SMILES string of the molecule is COc1cc(C)ccc1OCC(=O)NC(C)c1ccc(-c2ccccc2)cc1. The summed E-state index contributed by atoms with van der Waals surface area (Å²) in [7, 11) is 1.59. The zero-order chi connectivity index (χ0) is 19.9. The van der Waals surface area contributed by atoms with Crippen LogP contribution >= 0.6 is 0 Å². The Labute approximate surface area is 166 Å². The lowest BCUT2D eigenvalue weighted by Crippen LogP contribution is -2.31. The lowest BCUT2D eigenvalue weighted by atomic mass is 10.0. The average Bonchev–Trinajstić information content (AvgIpc) is 2.73. The Bertz CT molecular complexity index is 920. The highest BCUT2D eigenvalue weighted by molar-refractivity contribution is 5.78. The number of carbonyl (C=O) groups is 1. The Morgan fingerprint density at radius 1 is 0.929 bits per heavy atom. The van der Waals surface area contributed by atoms with Crippen LogP contribution in [-0.4, -0.2) is 19.6 Å². The van der Waals surface area contributed by atoms with Crippen LogP contribution in [0.3, 0.4) is 0 Å². The number of benzene rings is 3. The molecule has 3 rings (SSSR count). The first-order valence-corrected chi connectivity index (χ1v) is 9.29. The fourth-order valence-electron chi connectivity index (χ4n) is 3.00. The molecular formula is C24H25NO3. The summed E-state index contributed by atoms with van der Waals surface area (Å²) in [6, 6.07) is 23.9. The first kappa shape index (κ1) is 19.5. The van der Waals surface area contributed by atoms with Crippen molar-refractivity contribution >= 4 is 5.91 Å². The van der Waals surface area contributed by atoms with Crippen molar-refractivity contribution in [2.75, 3.05) is 13.7 Å². The molecule has 4 heteroatoms. The fraction of sp³-hybridized carbons (Fsp3) is 0.208. The summed E-state index contributed by atoms with van der Waals surface area (Å²) >= 11 is 0. The average molecular weight is 375 g/mol. The van der Waals surface area contributed by atoms with E-state index in [-0.39, 0.29) is 18.6 Å². The molecule has 144 valence electrons. The predicted molar refractivity (Wildman–Crippen MR) is 112 cm³/mol. The second-order valence-corrected chi connectivity index (χ2v) is 6.72. The third-order valence-corrected chi connectivity index (χ3v) is 4.57. The Morgan fingerprint density at radius 2 is 1.61 bits per heavy atom. The zero-order valence-corrected chi connectivity index (χ0v) is 16.4. The molecule has 28 heavy (non-hydrogen) atoms. The molecule has 0 aliphatic rings. The van der Waals surface area contributed by atoms with Crippen molar-refractivity contribution in [3.63, 3.8) is 0 Å². The maximum absolute atomic E-state index is 12.3. The number of amides is 1. The highest BCUT2D eigenvalue weighted by Crippen LogP contribution is 2.27. The summed E-state index contributed by atoms with van der Waals surface area (Å²) in [5.74, 6) is 1.00. The molecule has 1 atom stereocenters. The van der Waals surface area contributed by atoms with Crippen LogP contribution in [0.1, 0.15) is 24.1 Å². The molecular weight excluding hydrogens is 350 g/mol. The van der Waals surface area contributed by atoms with Gasteiger partial charge in [-0.2, -0.15) is 0 Å². The summed E-state index contributed by atoms with van der Waals surface area (Å²) in [5.41, 5.74) is 4.44. The lowest BCUT2D eigenvalue weighted by molar-refractivity contribution is -0.123. The molecule has 3 aromatic carbocycles. The van der Waals surface area contributed by atoms with E-state index in [1.54, 1.807) is 7.11 Å². The Hall–Kier alpha value is -3.27. The summed E-state index contributed by atoms with van der Waals surface area (Å²) in [6.07, 6.45) is 0. The summed E-state index contributed by atoms with van der Waals surface area (Å²) in [6.45, 7) is 3.87. The Kier molecular flexibility index (Phi) is 6.33. The van der Waals surface area contributed by atoms with Crippen molar-refractivity contribution < 1.29 is 14.3 Å². The van der Waals surface area contributed by atoms with Crippen LogP contribution in [0.25, 0.3) is 11.1 Å². The standard InChI is InChI=1S/C24H25NO3/c1-17-9-14-22(23(15-17)27-3)28-16-24(26)25-18(2)19-10-12-21(13-11-19)20-7-5-4-6-8-20/h4-15,18H,16H2,1-3H3,(H,25,26). The van der Waals surface area contributed by atoms with Crippen LogP contribution in [0.2, 0.25) is 0 Å². The maximum atomic E-state index is 12.3. The van der Waals surface area contributed by atoms with Crippen molar-refractivity contribution in [3.05, 3.63) is 83.9 Å². The predicted octanol–water partition coefficient (Wildman–Crippen LogP) is 4.93. The molecule has 1 unspecified atom stereocenters. The molecule has 0 saturated carbocycles. The molecule has 0 aromatic heterocycles. The van der Waals surface area contributed by atoms with Crippen LogP contribution in [0.15, 0.2) is 72.8 Å². The van der Waals surface area contributed by atoms with Crippen molar-refractivity contribution in [2.45, 2.75) is 19.9 Å². The number of carbonyl (C=O) groups excluding carboxylic acids is 1. The monoisotopic (exact) mass is 375 g/mol. The van der Waals surface area contributed by atoms with Gasteiger partial charge in [0.25, 0.3) is 5.91 Å². The second kappa shape index (κ2) is 9.09. The van der Waals surface area contributed by atoms with Crippen molar-refractivity contribution in [2.24, 2.45) is 0 Å². The third-order valence-electron chi connectivity index (χ3n) is 4.57. The first-order chi connectivity index (χ1) is 13.6. The van der Waals surface area contributed by atoms with E-state index in [1.807, 2.05) is 62.4 Å². The number of aryl methyl sites for hydroxylation is 1. The quantitative estimate of drug-likeness (QED) is 0.637. The van der Waals surface area contributed by atoms with Crippen LogP contribution in [0, 0.1) is 6.92 Å². The number of methoxy groups -OCH3 is 1. The molecule has 0 heterocycles. The molecule has 0 fully saturated rings. The van der Waals surface area contributed by atoms with Crippen molar-refractivity contribution in [1.29, 1.82) is 0 Å². The normalized spacial score (nSPS) is 11.5. The topological polar surface area (TPSA) is 47.6 Å². The van der Waals surface area contributed by atoms with Gasteiger partial charge >= 0.3 is 0 Å². The smallest absolute Gasteiger partial charge is 0.258 e. The minimum absolute atomic E-state index is 0.0636. The van der Waals surface area contributed by atoms with E-state index in [1.165, 1.54) is 5.56 Å². The van der Waals surface area contributed by atoms with E-state index in [0.29, 0.717) is 11.5 Å². The van der Waals surface area contributed by atoms with E-state index < -0.39 is 0 Å². The lowest BCUT2D eigenvalue weighted by Gasteiger charge is -2.16. The maximum Gasteiger partial charge on any atom is 0.258 e. The van der Waals surface area contributed by atoms with Crippen molar-refractivity contribution in [3.8, 4) is 22.6 Å². The highest BCUT2D eigenvalue weighted by Gasteiger charge is 2.12. The minimum Gasteiger partial charge on any atom is -0.493 e. The Balaban J connectivity index is 1.57. The minimum atomic E-state index is -0.178. The first-order valence-electron chi connectivity index (χ1n) is 9.29. The van der Waals surface area contributed by atoms with Crippen LogP contribution in [-0.2, 0) is 4.79 Å². The molecule has 0 spiro atoms. The summed E-state index contributed by atoms with van der Waals surface area (Å²) in [4.78, 5) is 12.3. The van der Waals surface area contributed by atoms with Gasteiger partial charge in [-0.05, 0) is 48.2 Å². The third kappa shape index (κ3) is 4.92. The fourth-order valence-corrected chi connectivity index (χ4v) is 3.00. The molecule has 1 N–H and O–H groups in total. The number of hydrogen-bond acceptors (Lipinski definition) is 3. The largest absolute Gasteiger partial charge is 0.493 e. The van der Waals surface area contributed by atoms with Gasteiger partial charge in [-0.25, -0.2) is 0 Å². The molecule has 0 bridgehead atoms. The molecule has 4 nitrogen and oxygen atoms in total. The van der Waals surface area contributed by atoms with Gasteiger partial charge < -0.3 is 14.8 Å². The van der Waals surface area contributed by atoms with Gasteiger partial charge in [-0.15, -0.1) is 0 Å². The summed E-state index contributed by atoms with van der Waals surface area (Å²) < 4.78 is 10.9. The highest BCUT2D eigenvalue weighted by atomic mass is 16.5. The number of hydrogen-bond donors (Lipinski definition) is 1. The second-order valence-electron chi connectivity index (χ2n) is 6.72. The molecule has 1 amide bonds. The van der Waals surface area contributed by atoms with Gasteiger partial charge in [0, 0.05) is 0 Å². The van der Waals surface area contributed by atoms with Gasteiger partial charge in [0.1, 0.15) is 0 Å². The van der Waals surface area contributed by atoms with E-state index in [2.05, 4.69) is 29.6 Å². The van der Waals surface area contributed by atoms with Gasteiger partial charge in [0.05, 0.1) is 13.2 Å². The molecule has 3 aromatic rings. The molecule has 0 aliphatic carbocycles. The summed E-state index contributed by atoms with van der Waals surface area (Å²) in [5, 5.41) is 2.97. The molecule has 0 radical (unpaired) electrons. The van der Waals surface area contributed by atoms with Gasteiger partial charge in [-0.3, -0.25) is 4.79 Å². The van der Waals surface area contributed by atoms with Crippen LogP contribution in [0.5, 0.6) is 11.5 Å². The number of nitrogens with one attached hydrogen (secondary N) is 1. The van der Waals surface area contributed by atoms with Gasteiger partial charge in [0.15, 0.2) is 18.1 Å².